The molecule has 1 heterocycles. The average molecular weight is 252 g/mol. The molecule has 0 bridgehead atoms. The van der Waals surface area contributed by atoms with Gasteiger partial charge in [-0.1, -0.05) is 11.8 Å². The Morgan fingerprint density at radius 3 is 2.71 bits per heavy atom. The highest BCUT2D eigenvalue weighted by Crippen LogP contribution is 2.32. The van der Waals surface area contributed by atoms with Crippen LogP contribution in [0.3, 0.4) is 0 Å². The maximum atomic E-state index is 5.83. The SMILES string of the molecule is CSc1nc(N)cc(N(CC2CC2)C(C)C)n1. The highest BCUT2D eigenvalue weighted by atomic mass is 32.2. The van der Waals surface area contributed by atoms with E-state index in [1.54, 1.807) is 0 Å². The van der Waals surface area contributed by atoms with Crippen LogP contribution in [0.2, 0.25) is 0 Å². The Morgan fingerprint density at radius 2 is 2.18 bits per heavy atom. The molecule has 1 fully saturated rings. The first-order valence-corrected chi connectivity index (χ1v) is 7.28. The maximum absolute atomic E-state index is 5.83. The smallest absolute Gasteiger partial charge is 0.191 e. The fourth-order valence-electron chi connectivity index (χ4n) is 1.82. The number of nitrogens with two attached hydrogens (primary N) is 1. The lowest BCUT2D eigenvalue weighted by Crippen LogP contribution is -2.33. The summed E-state index contributed by atoms with van der Waals surface area (Å²) >= 11 is 1.53. The van der Waals surface area contributed by atoms with E-state index in [0.717, 1.165) is 23.4 Å². The summed E-state index contributed by atoms with van der Waals surface area (Å²) < 4.78 is 0. The van der Waals surface area contributed by atoms with Crippen LogP contribution >= 0.6 is 11.8 Å². The van der Waals surface area contributed by atoms with Crippen molar-refractivity contribution in [3.05, 3.63) is 6.07 Å². The van der Waals surface area contributed by atoms with E-state index in [-0.39, 0.29) is 0 Å². The first kappa shape index (κ1) is 12.5. The molecule has 0 amide bonds. The van der Waals surface area contributed by atoms with Crippen molar-refractivity contribution in [2.45, 2.75) is 37.9 Å². The van der Waals surface area contributed by atoms with Crippen molar-refractivity contribution in [2.75, 3.05) is 23.4 Å². The fraction of sp³-hybridized carbons (Fsp3) is 0.667. The number of aromatic nitrogens is 2. The Hall–Kier alpha value is -0.970. The predicted molar refractivity (Wildman–Crippen MR) is 73.4 cm³/mol. The van der Waals surface area contributed by atoms with Crippen LogP contribution in [-0.2, 0) is 0 Å². The van der Waals surface area contributed by atoms with Crippen molar-refractivity contribution in [3.63, 3.8) is 0 Å². The number of nitrogens with zero attached hydrogens (tertiary/aromatic N) is 3. The molecule has 2 N–H and O–H groups in total. The van der Waals surface area contributed by atoms with Gasteiger partial charge in [-0.3, -0.25) is 0 Å². The first-order valence-electron chi connectivity index (χ1n) is 6.05. The topological polar surface area (TPSA) is 55.0 Å². The van der Waals surface area contributed by atoms with Crippen molar-refractivity contribution in [2.24, 2.45) is 5.92 Å². The van der Waals surface area contributed by atoms with Gasteiger partial charge in [0.1, 0.15) is 11.6 Å². The Balaban J connectivity index is 2.23. The zero-order valence-electron chi connectivity index (χ0n) is 10.7. The van der Waals surface area contributed by atoms with E-state index in [1.165, 1.54) is 24.6 Å². The van der Waals surface area contributed by atoms with Gasteiger partial charge < -0.3 is 10.6 Å². The number of nitrogen functional groups attached to an aromatic ring is 1. The summed E-state index contributed by atoms with van der Waals surface area (Å²) in [5, 5.41) is 0.751. The standard InChI is InChI=1S/C12H20N4S/c1-8(2)16(7-9-4-5-9)11-6-10(13)14-12(15-11)17-3/h6,8-9H,4-5,7H2,1-3H3,(H2,13,14,15). The molecule has 0 aliphatic heterocycles. The summed E-state index contributed by atoms with van der Waals surface area (Å²) in [5.74, 6) is 2.36. The molecule has 5 heteroatoms. The van der Waals surface area contributed by atoms with Crippen LogP contribution in [-0.4, -0.2) is 28.8 Å². The van der Waals surface area contributed by atoms with Crippen LogP contribution in [0, 0.1) is 5.92 Å². The highest BCUT2D eigenvalue weighted by Gasteiger charge is 2.26. The molecule has 0 atom stereocenters. The molecule has 1 saturated carbocycles. The highest BCUT2D eigenvalue weighted by molar-refractivity contribution is 7.98. The Labute approximate surface area is 107 Å². The van der Waals surface area contributed by atoms with Crippen LogP contribution < -0.4 is 10.6 Å². The Morgan fingerprint density at radius 1 is 1.47 bits per heavy atom. The monoisotopic (exact) mass is 252 g/mol. The van der Waals surface area contributed by atoms with Gasteiger partial charge in [0, 0.05) is 18.7 Å². The molecule has 94 valence electrons. The largest absolute Gasteiger partial charge is 0.383 e. The minimum Gasteiger partial charge on any atom is -0.383 e. The third-order valence-corrected chi connectivity index (χ3v) is 3.51. The normalized spacial score (nSPS) is 15.3. The third kappa shape index (κ3) is 3.25. The molecule has 1 aliphatic carbocycles. The van der Waals surface area contributed by atoms with Crippen molar-refractivity contribution in [3.8, 4) is 0 Å². The van der Waals surface area contributed by atoms with Gasteiger partial charge in [0.15, 0.2) is 5.16 Å². The second-order valence-electron chi connectivity index (χ2n) is 4.83. The lowest BCUT2D eigenvalue weighted by atomic mass is 10.2. The molecule has 0 aromatic carbocycles. The minimum absolute atomic E-state index is 0.444. The maximum Gasteiger partial charge on any atom is 0.191 e. The number of thioether (sulfide) groups is 1. The average Bonchev–Trinajstić information content (AvgIpc) is 3.08. The molecule has 4 nitrogen and oxygen atoms in total. The summed E-state index contributed by atoms with van der Waals surface area (Å²) in [6.45, 7) is 5.47. The molecule has 1 aliphatic rings. The molecule has 1 aromatic rings. The van der Waals surface area contributed by atoms with E-state index in [2.05, 4.69) is 28.7 Å². The van der Waals surface area contributed by atoms with Gasteiger partial charge in [0.05, 0.1) is 0 Å². The zero-order chi connectivity index (χ0) is 12.4. The molecule has 1 aromatic heterocycles. The van der Waals surface area contributed by atoms with Gasteiger partial charge in [-0.05, 0) is 38.9 Å². The van der Waals surface area contributed by atoms with Crippen LogP contribution in [0.25, 0.3) is 0 Å². The molecular formula is C12H20N4S. The van der Waals surface area contributed by atoms with Gasteiger partial charge in [0.25, 0.3) is 0 Å². The fourth-order valence-corrected chi connectivity index (χ4v) is 2.20. The van der Waals surface area contributed by atoms with E-state index in [9.17, 15) is 0 Å². The lowest BCUT2D eigenvalue weighted by Gasteiger charge is -2.28. The van der Waals surface area contributed by atoms with Crippen LogP contribution in [0.1, 0.15) is 26.7 Å². The summed E-state index contributed by atoms with van der Waals surface area (Å²) in [6.07, 6.45) is 4.66. The van der Waals surface area contributed by atoms with Crippen molar-refractivity contribution in [1.29, 1.82) is 0 Å². The molecule has 0 radical (unpaired) electrons. The van der Waals surface area contributed by atoms with E-state index in [4.69, 9.17) is 5.73 Å². The second-order valence-corrected chi connectivity index (χ2v) is 5.60. The number of hydrogen-bond acceptors (Lipinski definition) is 5. The Kier molecular flexibility index (Phi) is 3.76. The first-order chi connectivity index (χ1) is 8.10. The molecular weight excluding hydrogens is 232 g/mol. The van der Waals surface area contributed by atoms with Crippen LogP contribution in [0.5, 0.6) is 0 Å². The summed E-state index contributed by atoms with van der Waals surface area (Å²) in [4.78, 5) is 11.1. The number of rotatable bonds is 5. The quantitative estimate of drug-likeness (QED) is 0.644. The van der Waals surface area contributed by atoms with E-state index in [1.807, 2.05) is 12.3 Å². The van der Waals surface area contributed by atoms with Crippen molar-refractivity contribution < 1.29 is 0 Å². The van der Waals surface area contributed by atoms with Gasteiger partial charge in [-0.2, -0.15) is 0 Å². The molecule has 17 heavy (non-hydrogen) atoms. The Bertz CT molecular complexity index is 390. The van der Waals surface area contributed by atoms with E-state index < -0.39 is 0 Å². The predicted octanol–water partition coefficient (Wildman–Crippen LogP) is 2.41. The number of anilines is 2. The van der Waals surface area contributed by atoms with E-state index >= 15 is 0 Å². The third-order valence-electron chi connectivity index (χ3n) is 2.96. The summed E-state index contributed by atoms with van der Waals surface area (Å²) in [6, 6.07) is 2.32. The van der Waals surface area contributed by atoms with Gasteiger partial charge in [-0.15, -0.1) is 0 Å². The molecule has 0 unspecified atom stereocenters. The van der Waals surface area contributed by atoms with Crippen LogP contribution in [0.4, 0.5) is 11.6 Å². The minimum atomic E-state index is 0.444. The molecule has 0 saturated heterocycles. The number of hydrogen-bond donors (Lipinski definition) is 1. The van der Waals surface area contributed by atoms with Gasteiger partial charge in [0.2, 0.25) is 0 Å². The zero-order valence-corrected chi connectivity index (χ0v) is 11.5. The second kappa shape index (κ2) is 5.12. The van der Waals surface area contributed by atoms with E-state index in [0.29, 0.717) is 11.9 Å². The van der Waals surface area contributed by atoms with Crippen molar-refractivity contribution >= 4 is 23.4 Å². The summed E-state index contributed by atoms with van der Waals surface area (Å²) in [7, 11) is 0. The van der Waals surface area contributed by atoms with Gasteiger partial charge >= 0.3 is 0 Å². The van der Waals surface area contributed by atoms with Crippen LogP contribution in [0.15, 0.2) is 11.2 Å². The molecule has 2 rings (SSSR count). The lowest BCUT2D eigenvalue weighted by molar-refractivity contribution is 0.632. The van der Waals surface area contributed by atoms with Crippen molar-refractivity contribution in [1.82, 2.24) is 9.97 Å². The molecule has 0 spiro atoms. The van der Waals surface area contributed by atoms with Gasteiger partial charge in [-0.25, -0.2) is 9.97 Å². The summed E-state index contributed by atoms with van der Waals surface area (Å²) in [5.41, 5.74) is 5.83.